The van der Waals surface area contributed by atoms with Gasteiger partial charge >= 0.3 is 5.97 Å². The van der Waals surface area contributed by atoms with Crippen molar-refractivity contribution in [2.45, 2.75) is 32.8 Å². The quantitative estimate of drug-likeness (QED) is 0.907. The van der Waals surface area contributed by atoms with Crippen LogP contribution in [-0.2, 0) is 12.0 Å². The van der Waals surface area contributed by atoms with Gasteiger partial charge in [0, 0.05) is 4.88 Å². The Morgan fingerprint density at radius 1 is 1.29 bits per heavy atom. The predicted octanol–water partition coefficient (Wildman–Crippen LogP) is 4.46. The Morgan fingerprint density at radius 3 is 2.43 bits per heavy atom. The lowest BCUT2D eigenvalue weighted by atomic mass is 9.95. The maximum absolute atomic E-state index is 12.8. The fraction of sp³-hybridized carbons (Fsp3) is 0.312. The summed E-state index contributed by atoms with van der Waals surface area (Å²) in [7, 11) is 0. The van der Waals surface area contributed by atoms with Crippen LogP contribution in [0.3, 0.4) is 0 Å². The normalized spacial score (nSPS) is 11.4. The molecule has 0 aliphatic rings. The summed E-state index contributed by atoms with van der Waals surface area (Å²) in [4.78, 5) is 12.4. The van der Waals surface area contributed by atoms with Crippen molar-refractivity contribution in [3.8, 4) is 5.75 Å². The summed E-state index contributed by atoms with van der Waals surface area (Å²) in [6.07, 6.45) is 0. The van der Waals surface area contributed by atoms with E-state index in [1.165, 1.54) is 23.5 Å². The SMILES string of the molecule is CC(C)(C)c1cc(OCc2ccc(F)cc2)c(C(=O)O)s1. The van der Waals surface area contributed by atoms with Gasteiger partial charge in [-0.3, -0.25) is 0 Å². The van der Waals surface area contributed by atoms with E-state index in [1.807, 2.05) is 20.8 Å². The van der Waals surface area contributed by atoms with Crippen molar-refractivity contribution in [3.63, 3.8) is 0 Å². The van der Waals surface area contributed by atoms with E-state index in [0.29, 0.717) is 5.75 Å². The van der Waals surface area contributed by atoms with E-state index in [1.54, 1.807) is 18.2 Å². The summed E-state index contributed by atoms with van der Waals surface area (Å²) in [6, 6.07) is 7.72. The number of benzene rings is 1. The number of aromatic carboxylic acids is 1. The van der Waals surface area contributed by atoms with Crippen LogP contribution in [0.5, 0.6) is 5.75 Å². The van der Waals surface area contributed by atoms with Crippen molar-refractivity contribution in [3.05, 3.63) is 51.5 Å². The van der Waals surface area contributed by atoms with E-state index < -0.39 is 5.97 Å². The van der Waals surface area contributed by atoms with E-state index in [9.17, 15) is 14.3 Å². The number of thiophene rings is 1. The van der Waals surface area contributed by atoms with E-state index in [2.05, 4.69) is 0 Å². The van der Waals surface area contributed by atoms with E-state index >= 15 is 0 Å². The summed E-state index contributed by atoms with van der Waals surface area (Å²) in [5, 5.41) is 9.26. The zero-order chi connectivity index (χ0) is 15.6. The fourth-order valence-electron chi connectivity index (χ4n) is 1.74. The Hall–Kier alpha value is -1.88. The van der Waals surface area contributed by atoms with Crippen LogP contribution in [-0.4, -0.2) is 11.1 Å². The van der Waals surface area contributed by atoms with Crippen LogP contribution in [0.2, 0.25) is 0 Å². The number of carboxylic acids is 1. The van der Waals surface area contributed by atoms with Crippen molar-refractivity contribution >= 4 is 17.3 Å². The molecule has 0 unspecified atom stereocenters. The molecule has 0 saturated heterocycles. The lowest BCUT2D eigenvalue weighted by Gasteiger charge is -2.14. The molecular weight excluding hydrogens is 291 g/mol. The molecule has 5 heteroatoms. The standard InChI is InChI=1S/C16H17FO3S/c1-16(2,3)13-8-12(14(21-13)15(18)19)20-9-10-4-6-11(17)7-5-10/h4-8H,9H2,1-3H3,(H,18,19). The van der Waals surface area contributed by atoms with Gasteiger partial charge in [0.1, 0.15) is 18.2 Å². The van der Waals surface area contributed by atoms with Crippen molar-refractivity contribution in [1.82, 2.24) is 0 Å². The second kappa shape index (κ2) is 5.85. The zero-order valence-corrected chi connectivity index (χ0v) is 13.0. The van der Waals surface area contributed by atoms with Gasteiger partial charge in [-0.05, 0) is 29.2 Å². The lowest BCUT2D eigenvalue weighted by molar-refractivity contribution is 0.0697. The minimum absolute atomic E-state index is 0.133. The van der Waals surface area contributed by atoms with Gasteiger partial charge in [0.15, 0.2) is 4.88 Å². The number of ether oxygens (including phenoxy) is 1. The van der Waals surface area contributed by atoms with Crippen LogP contribution in [0.1, 0.15) is 40.9 Å². The largest absolute Gasteiger partial charge is 0.487 e. The Balaban J connectivity index is 2.20. The smallest absolute Gasteiger partial charge is 0.349 e. The molecule has 0 bridgehead atoms. The summed E-state index contributed by atoms with van der Waals surface area (Å²) >= 11 is 1.23. The minimum Gasteiger partial charge on any atom is -0.487 e. The van der Waals surface area contributed by atoms with Gasteiger partial charge < -0.3 is 9.84 Å². The molecule has 21 heavy (non-hydrogen) atoms. The summed E-state index contributed by atoms with van der Waals surface area (Å²) in [5.41, 5.74) is 0.656. The molecule has 2 rings (SSSR count). The molecule has 3 nitrogen and oxygen atoms in total. The highest BCUT2D eigenvalue weighted by Crippen LogP contribution is 2.37. The van der Waals surface area contributed by atoms with Gasteiger partial charge in [0.05, 0.1) is 0 Å². The summed E-state index contributed by atoms with van der Waals surface area (Å²) in [5.74, 6) is -0.943. The van der Waals surface area contributed by atoms with Crippen LogP contribution in [0.15, 0.2) is 30.3 Å². The highest BCUT2D eigenvalue weighted by Gasteiger charge is 2.23. The van der Waals surface area contributed by atoms with Gasteiger partial charge in [-0.25, -0.2) is 9.18 Å². The second-order valence-corrected chi connectivity index (χ2v) is 6.83. The van der Waals surface area contributed by atoms with E-state index in [-0.39, 0.29) is 22.7 Å². The number of hydrogen-bond donors (Lipinski definition) is 1. The fourth-order valence-corrected chi connectivity index (χ4v) is 2.74. The van der Waals surface area contributed by atoms with Crippen LogP contribution in [0, 0.1) is 5.82 Å². The second-order valence-electron chi connectivity index (χ2n) is 5.77. The minimum atomic E-state index is -0.996. The third kappa shape index (κ3) is 3.82. The number of carboxylic acid groups (broad SMARTS) is 1. The highest BCUT2D eigenvalue weighted by atomic mass is 32.1. The first-order valence-corrected chi connectivity index (χ1v) is 7.34. The van der Waals surface area contributed by atoms with Gasteiger partial charge in [-0.15, -0.1) is 11.3 Å². The number of rotatable bonds is 4. The molecule has 0 saturated carbocycles. The van der Waals surface area contributed by atoms with Crippen LogP contribution in [0.25, 0.3) is 0 Å². The summed E-state index contributed by atoms with van der Waals surface area (Å²) in [6.45, 7) is 6.28. The number of hydrogen-bond acceptors (Lipinski definition) is 3. The van der Waals surface area contributed by atoms with Gasteiger partial charge in [-0.1, -0.05) is 32.9 Å². The van der Waals surface area contributed by atoms with Crippen molar-refractivity contribution in [2.75, 3.05) is 0 Å². The predicted molar refractivity (Wildman–Crippen MR) is 80.7 cm³/mol. The monoisotopic (exact) mass is 308 g/mol. The lowest BCUT2D eigenvalue weighted by Crippen LogP contribution is -2.08. The Bertz CT molecular complexity index is 639. The van der Waals surface area contributed by atoms with E-state index in [0.717, 1.165) is 10.4 Å². The maximum atomic E-state index is 12.8. The number of halogens is 1. The number of carbonyl (C=O) groups is 1. The van der Waals surface area contributed by atoms with Crippen molar-refractivity contribution in [1.29, 1.82) is 0 Å². The zero-order valence-electron chi connectivity index (χ0n) is 12.1. The average molecular weight is 308 g/mol. The topological polar surface area (TPSA) is 46.5 Å². The third-order valence-electron chi connectivity index (χ3n) is 2.94. The molecular formula is C16H17FO3S. The van der Waals surface area contributed by atoms with Crippen LogP contribution in [0.4, 0.5) is 4.39 Å². The van der Waals surface area contributed by atoms with Crippen LogP contribution >= 0.6 is 11.3 Å². The molecule has 0 radical (unpaired) electrons. The summed E-state index contributed by atoms with van der Waals surface area (Å²) < 4.78 is 18.4. The first-order chi connectivity index (χ1) is 9.77. The molecule has 0 spiro atoms. The first kappa shape index (κ1) is 15.5. The molecule has 112 valence electrons. The molecule has 0 aliphatic carbocycles. The molecule has 1 aromatic heterocycles. The molecule has 0 atom stereocenters. The van der Waals surface area contributed by atoms with E-state index in [4.69, 9.17) is 4.74 Å². The van der Waals surface area contributed by atoms with Crippen molar-refractivity contribution < 1.29 is 19.0 Å². The molecule has 0 amide bonds. The molecule has 1 aromatic carbocycles. The molecule has 1 heterocycles. The third-order valence-corrected chi connectivity index (χ3v) is 4.47. The Labute approximate surface area is 127 Å². The molecule has 0 fully saturated rings. The maximum Gasteiger partial charge on any atom is 0.349 e. The first-order valence-electron chi connectivity index (χ1n) is 6.52. The van der Waals surface area contributed by atoms with Gasteiger partial charge in [-0.2, -0.15) is 0 Å². The highest BCUT2D eigenvalue weighted by molar-refractivity contribution is 7.14. The van der Waals surface area contributed by atoms with Gasteiger partial charge in [0.2, 0.25) is 0 Å². The average Bonchev–Trinajstić information content (AvgIpc) is 2.82. The van der Waals surface area contributed by atoms with Crippen molar-refractivity contribution in [2.24, 2.45) is 0 Å². The Kier molecular flexibility index (Phi) is 4.32. The molecule has 1 N–H and O–H groups in total. The van der Waals surface area contributed by atoms with Gasteiger partial charge in [0.25, 0.3) is 0 Å². The molecule has 2 aromatic rings. The van der Waals surface area contributed by atoms with Crippen LogP contribution < -0.4 is 4.74 Å². The molecule has 0 aliphatic heterocycles. The Morgan fingerprint density at radius 2 is 1.90 bits per heavy atom.